The Morgan fingerprint density at radius 3 is 1.85 bits per heavy atom. The average molecular weight is 476 g/mol. The Kier molecular flexibility index (Phi) is 13.0. The molecule has 190 valence electrons. The standard InChI is InChI=1S/C27H41NO6/c1-20-24(10-6-12-26(20)33-15-5-3-4-9-22(31)18-29)25-11-7-13-27(21(25)2)34-16-8-14-28-17-23(32)19-30/h6-7,10-13,22-23,28-32H,3-5,8-9,14-19H2,1-2H3. The average Bonchev–Trinajstić information content (AvgIpc) is 2.85. The van der Waals surface area contributed by atoms with Gasteiger partial charge in [-0.25, -0.2) is 0 Å². The molecule has 2 atom stereocenters. The lowest BCUT2D eigenvalue weighted by atomic mass is 9.95. The van der Waals surface area contributed by atoms with Gasteiger partial charge in [0.2, 0.25) is 0 Å². The van der Waals surface area contributed by atoms with E-state index in [0.29, 0.717) is 32.7 Å². The summed E-state index contributed by atoms with van der Waals surface area (Å²) in [6, 6.07) is 12.2. The van der Waals surface area contributed by atoms with Crippen LogP contribution in [0.3, 0.4) is 0 Å². The van der Waals surface area contributed by atoms with E-state index in [-0.39, 0.29) is 13.2 Å². The predicted molar refractivity (Wildman–Crippen MR) is 134 cm³/mol. The van der Waals surface area contributed by atoms with Gasteiger partial charge in [-0.15, -0.1) is 0 Å². The number of aliphatic hydroxyl groups excluding tert-OH is 4. The first-order chi connectivity index (χ1) is 16.5. The Hall–Kier alpha value is -2.16. The van der Waals surface area contributed by atoms with E-state index in [2.05, 4.69) is 31.3 Å². The summed E-state index contributed by atoms with van der Waals surface area (Å²) in [5, 5.41) is 39.6. The van der Waals surface area contributed by atoms with Crippen molar-refractivity contribution in [1.29, 1.82) is 0 Å². The molecule has 0 bridgehead atoms. The van der Waals surface area contributed by atoms with Gasteiger partial charge in [-0.3, -0.25) is 0 Å². The molecule has 7 heteroatoms. The lowest BCUT2D eigenvalue weighted by Crippen LogP contribution is -2.30. The number of hydrogen-bond acceptors (Lipinski definition) is 7. The largest absolute Gasteiger partial charge is 0.493 e. The van der Waals surface area contributed by atoms with Crippen LogP contribution in [0.15, 0.2) is 36.4 Å². The van der Waals surface area contributed by atoms with Crippen LogP contribution in [0.1, 0.15) is 43.2 Å². The van der Waals surface area contributed by atoms with E-state index < -0.39 is 12.2 Å². The van der Waals surface area contributed by atoms with Crippen LogP contribution in [0.5, 0.6) is 11.5 Å². The molecule has 34 heavy (non-hydrogen) atoms. The minimum atomic E-state index is -0.728. The molecule has 0 fully saturated rings. The summed E-state index contributed by atoms with van der Waals surface area (Å²) in [5.41, 5.74) is 4.40. The fourth-order valence-corrected chi connectivity index (χ4v) is 3.77. The van der Waals surface area contributed by atoms with Crippen molar-refractivity contribution in [1.82, 2.24) is 5.32 Å². The predicted octanol–water partition coefficient (Wildman–Crippen LogP) is 2.97. The zero-order valence-electron chi connectivity index (χ0n) is 20.5. The Morgan fingerprint density at radius 2 is 1.29 bits per heavy atom. The Bertz CT molecular complexity index is 774. The normalized spacial score (nSPS) is 13.0. The third kappa shape index (κ3) is 9.24. The van der Waals surface area contributed by atoms with Crippen LogP contribution >= 0.6 is 0 Å². The summed E-state index contributed by atoms with van der Waals surface area (Å²) in [6.07, 6.45) is 2.79. The van der Waals surface area contributed by atoms with E-state index in [0.717, 1.165) is 59.4 Å². The summed E-state index contributed by atoms with van der Waals surface area (Å²) in [7, 11) is 0. The summed E-state index contributed by atoms with van der Waals surface area (Å²) in [6.45, 7) is 5.97. The van der Waals surface area contributed by atoms with Gasteiger partial charge in [0, 0.05) is 6.54 Å². The lowest BCUT2D eigenvalue weighted by molar-refractivity contribution is 0.0857. The van der Waals surface area contributed by atoms with Gasteiger partial charge in [-0.2, -0.15) is 0 Å². The molecule has 0 heterocycles. The van der Waals surface area contributed by atoms with Crippen molar-refractivity contribution in [3.05, 3.63) is 47.5 Å². The quantitative estimate of drug-likeness (QED) is 0.224. The zero-order valence-corrected chi connectivity index (χ0v) is 20.5. The van der Waals surface area contributed by atoms with E-state index in [1.165, 1.54) is 0 Å². The zero-order chi connectivity index (χ0) is 24.8. The van der Waals surface area contributed by atoms with Gasteiger partial charge < -0.3 is 35.2 Å². The Labute approximate surface area is 203 Å². The number of unbranched alkanes of at least 4 members (excludes halogenated alkanes) is 2. The van der Waals surface area contributed by atoms with Gasteiger partial charge in [0.15, 0.2) is 0 Å². The van der Waals surface area contributed by atoms with Gasteiger partial charge in [-0.1, -0.05) is 30.7 Å². The fourth-order valence-electron chi connectivity index (χ4n) is 3.77. The number of rotatable bonds is 17. The van der Waals surface area contributed by atoms with E-state index in [1.54, 1.807) is 0 Å². The molecule has 0 amide bonds. The topological polar surface area (TPSA) is 111 Å². The molecule has 7 nitrogen and oxygen atoms in total. The molecule has 0 aromatic heterocycles. The minimum absolute atomic E-state index is 0.179. The van der Waals surface area contributed by atoms with Crippen LogP contribution in [0.2, 0.25) is 0 Å². The monoisotopic (exact) mass is 475 g/mol. The van der Waals surface area contributed by atoms with Crippen molar-refractivity contribution in [3.8, 4) is 22.6 Å². The fraction of sp³-hybridized carbons (Fsp3) is 0.556. The van der Waals surface area contributed by atoms with Crippen molar-refractivity contribution in [3.63, 3.8) is 0 Å². The lowest BCUT2D eigenvalue weighted by Gasteiger charge is -2.17. The maximum Gasteiger partial charge on any atom is 0.122 e. The molecule has 0 saturated carbocycles. The third-order valence-corrected chi connectivity index (χ3v) is 5.85. The molecule has 2 rings (SSSR count). The number of ether oxygens (including phenoxy) is 2. The smallest absolute Gasteiger partial charge is 0.122 e. The number of nitrogens with one attached hydrogen (secondary N) is 1. The van der Waals surface area contributed by atoms with Gasteiger partial charge in [0.25, 0.3) is 0 Å². The van der Waals surface area contributed by atoms with Crippen LogP contribution in [0.25, 0.3) is 11.1 Å². The van der Waals surface area contributed by atoms with Crippen molar-refractivity contribution < 1.29 is 29.9 Å². The second-order valence-corrected chi connectivity index (χ2v) is 8.63. The van der Waals surface area contributed by atoms with Crippen molar-refractivity contribution in [2.75, 3.05) is 39.5 Å². The van der Waals surface area contributed by atoms with Crippen LogP contribution in [-0.2, 0) is 0 Å². The minimum Gasteiger partial charge on any atom is -0.493 e. The highest BCUT2D eigenvalue weighted by Gasteiger charge is 2.12. The van der Waals surface area contributed by atoms with Crippen molar-refractivity contribution >= 4 is 0 Å². The van der Waals surface area contributed by atoms with E-state index >= 15 is 0 Å². The molecular formula is C27H41NO6. The molecule has 0 saturated heterocycles. The van der Waals surface area contributed by atoms with Crippen LogP contribution < -0.4 is 14.8 Å². The molecule has 2 aromatic carbocycles. The molecule has 0 aliphatic carbocycles. The number of aliphatic hydroxyl groups is 4. The second-order valence-electron chi connectivity index (χ2n) is 8.63. The highest BCUT2D eigenvalue weighted by Crippen LogP contribution is 2.35. The first kappa shape index (κ1) is 28.1. The highest BCUT2D eigenvalue weighted by atomic mass is 16.5. The maximum atomic E-state index is 9.41. The molecule has 0 spiro atoms. The van der Waals surface area contributed by atoms with E-state index in [1.807, 2.05) is 24.3 Å². The SMILES string of the molecule is Cc1c(OCCCCCC(O)CO)cccc1-c1cccc(OCCCNCC(O)CO)c1C. The van der Waals surface area contributed by atoms with E-state index in [9.17, 15) is 10.2 Å². The maximum absolute atomic E-state index is 9.41. The molecule has 2 unspecified atom stereocenters. The molecule has 2 aromatic rings. The van der Waals surface area contributed by atoms with E-state index in [4.69, 9.17) is 19.7 Å². The molecular weight excluding hydrogens is 434 g/mol. The second kappa shape index (κ2) is 15.7. The third-order valence-electron chi connectivity index (χ3n) is 5.85. The van der Waals surface area contributed by atoms with Gasteiger partial charge in [-0.05, 0) is 80.5 Å². The first-order valence-electron chi connectivity index (χ1n) is 12.2. The summed E-state index contributed by atoms with van der Waals surface area (Å²) < 4.78 is 12.1. The van der Waals surface area contributed by atoms with Crippen LogP contribution in [0.4, 0.5) is 0 Å². The van der Waals surface area contributed by atoms with Gasteiger partial charge in [0.05, 0.1) is 38.6 Å². The summed E-state index contributed by atoms with van der Waals surface area (Å²) in [4.78, 5) is 0. The first-order valence-corrected chi connectivity index (χ1v) is 12.2. The van der Waals surface area contributed by atoms with Crippen molar-refractivity contribution in [2.45, 2.75) is 58.2 Å². The number of hydrogen-bond donors (Lipinski definition) is 5. The molecule has 0 aliphatic rings. The molecule has 5 N–H and O–H groups in total. The van der Waals surface area contributed by atoms with Gasteiger partial charge >= 0.3 is 0 Å². The highest BCUT2D eigenvalue weighted by molar-refractivity contribution is 5.74. The Morgan fingerprint density at radius 1 is 0.735 bits per heavy atom. The number of benzene rings is 2. The van der Waals surface area contributed by atoms with Gasteiger partial charge in [0.1, 0.15) is 11.5 Å². The van der Waals surface area contributed by atoms with Crippen LogP contribution in [-0.4, -0.2) is 72.2 Å². The molecule has 0 aliphatic heterocycles. The molecule has 0 radical (unpaired) electrons. The summed E-state index contributed by atoms with van der Waals surface area (Å²) >= 11 is 0. The van der Waals surface area contributed by atoms with Crippen molar-refractivity contribution in [2.24, 2.45) is 0 Å². The Balaban J connectivity index is 1.90. The van der Waals surface area contributed by atoms with Crippen LogP contribution in [0, 0.1) is 13.8 Å². The summed E-state index contributed by atoms with van der Waals surface area (Å²) in [5.74, 6) is 1.72.